The van der Waals surface area contributed by atoms with E-state index >= 15 is 0 Å². The molecule has 1 aromatic heterocycles. The summed E-state index contributed by atoms with van der Waals surface area (Å²) in [6.07, 6.45) is 6.49. The molecule has 0 radical (unpaired) electrons. The number of amides is 1. The number of oxazole rings is 1. The number of ether oxygens (including phenoxy) is 2. The fourth-order valence-corrected chi connectivity index (χ4v) is 6.66. The molecule has 0 unspecified atom stereocenters. The van der Waals surface area contributed by atoms with Gasteiger partial charge < -0.3 is 34.1 Å². The van der Waals surface area contributed by atoms with Gasteiger partial charge in [0.1, 0.15) is 16.9 Å². The fourth-order valence-electron chi connectivity index (χ4n) is 6.66. The van der Waals surface area contributed by atoms with Crippen LogP contribution >= 0.6 is 0 Å². The molecule has 2 fully saturated rings. The number of fused-ring (bicyclic) bond motifs is 1. The lowest BCUT2D eigenvalue weighted by Gasteiger charge is -2.46. The maximum Gasteiger partial charge on any atom is 0.251 e. The molecule has 1 aliphatic carbocycles. The Morgan fingerprint density at radius 1 is 1.27 bits per heavy atom. The van der Waals surface area contributed by atoms with E-state index in [1.165, 1.54) is 0 Å². The molecule has 3 atom stereocenters. The quantitative estimate of drug-likeness (QED) is 0.275. The van der Waals surface area contributed by atoms with Crippen molar-refractivity contribution in [1.29, 1.82) is 0 Å². The summed E-state index contributed by atoms with van der Waals surface area (Å²) in [6.45, 7) is 10.7. The Balaban J connectivity index is 1.38. The van der Waals surface area contributed by atoms with Gasteiger partial charge in [-0.05, 0) is 43.7 Å². The molecule has 1 saturated carbocycles. The molecule has 2 heterocycles. The number of aromatic nitrogens is 1. The Hall–Kier alpha value is -3.66. The first-order valence-electron chi connectivity index (χ1n) is 15.8. The van der Waals surface area contributed by atoms with Gasteiger partial charge in [0.05, 0.1) is 25.0 Å². The van der Waals surface area contributed by atoms with Crippen molar-refractivity contribution < 1.29 is 23.8 Å². The van der Waals surface area contributed by atoms with E-state index in [4.69, 9.17) is 13.9 Å². The first kappa shape index (κ1) is 31.8. The Bertz CT molecular complexity index is 1450. The second kappa shape index (κ2) is 14.4. The van der Waals surface area contributed by atoms with E-state index in [-0.39, 0.29) is 24.6 Å². The third-order valence-electron chi connectivity index (χ3n) is 8.90. The number of nitrogens with zero attached hydrogens (tertiary/aromatic N) is 3. The van der Waals surface area contributed by atoms with E-state index in [1.54, 1.807) is 13.3 Å². The van der Waals surface area contributed by atoms with Crippen molar-refractivity contribution in [3.8, 4) is 5.75 Å². The minimum absolute atomic E-state index is 0.0246. The van der Waals surface area contributed by atoms with Crippen LogP contribution in [0, 0.1) is 0 Å². The molecule has 0 spiro atoms. The zero-order valence-electron chi connectivity index (χ0n) is 26.3. The molecule has 3 aromatic rings. The van der Waals surface area contributed by atoms with Crippen LogP contribution < -0.4 is 10.1 Å². The monoisotopic (exact) mass is 602 g/mol. The SMILES string of the molecule is C=CN(/C(=C(\C)C(=O)N1CCNC[C@H]1CCOc1ccc2nc(CC)oc2c1)c1ccccc1)[C@@H]1CCCC[C@@]1(O)COC. The van der Waals surface area contributed by atoms with Crippen LogP contribution in [-0.2, 0) is 16.0 Å². The third-order valence-corrected chi connectivity index (χ3v) is 8.90. The number of nitrogens with one attached hydrogen (secondary N) is 1. The number of carbonyl (C=O) groups is 1. The van der Waals surface area contributed by atoms with Crippen molar-refractivity contribution in [2.45, 2.75) is 70.1 Å². The highest BCUT2D eigenvalue weighted by Gasteiger charge is 2.43. The molecule has 5 rings (SSSR count). The number of benzene rings is 2. The lowest BCUT2D eigenvalue weighted by Crippen LogP contribution is -2.56. The van der Waals surface area contributed by atoms with Crippen molar-refractivity contribution in [2.24, 2.45) is 0 Å². The van der Waals surface area contributed by atoms with E-state index in [0.717, 1.165) is 54.8 Å². The molecule has 1 aliphatic heterocycles. The topological polar surface area (TPSA) is 100 Å². The Kier molecular flexibility index (Phi) is 10.4. The first-order chi connectivity index (χ1) is 21.4. The average Bonchev–Trinajstić information content (AvgIpc) is 3.47. The van der Waals surface area contributed by atoms with Gasteiger partial charge in [-0.3, -0.25) is 4.79 Å². The molecule has 2 aliphatic rings. The van der Waals surface area contributed by atoms with Gasteiger partial charge in [0.25, 0.3) is 5.91 Å². The molecule has 1 amide bonds. The molecule has 2 aromatic carbocycles. The van der Waals surface area contributed by atoms with Gasteiger partial charge in [0, 0.05) is 57.3 Å². The molecule has 44 heavy (non-hydrogen) atoms. The zero-order chi connectivity index (χ0) is 31.1. The van der Waals surface area contributed by atoms with Crippen LogP contribution in [-0.4, -0.2) is 83.4 Å². The minimum Gasteiger partial charge on any atom is -0.493 e. The molecule has 236 valence electrons. The Labute approximate surface area is 260 Å². The summed E-state index contributed by atoms with van der Waals surface area (Å²) in [7, 11) is 1.62. The van der Waals surface area contributed by atoms with Crippen LogP contribution in [0.1, 0.15) is 57.4 Å². The van der Waals surface area contributed by atoms with Crippen LogP contribution in [0.4, 0.5) is 0 Å². The molecule has 1 saturated heterocycles. The number of aliphatic hydroxyl groups is 1. The van der Waals surface area contributed by atoms with E-state index in [0.29, 0.717) is 49.6 Å². The van der Waals surface area contributed by atoms with Gasteiger partial charge in [-0.25, -0.2) is 4.98 Å². The summed E-state index contributed by atoms with van der Waals surface area (Å²) < 4.78 is 17.4. The summed E-state index contributed by atoms with van der Waals surface area (Å²) in [5.41, 5.74) is 2.79. The number of carbonyl (C=O) groups excluding carboxylic acids is 1. The van der Waals surface area contributed by atoms with Gasteiger partial charge in [-0.2, -0.15) is 0 Å². The van der Waals surface area contributed by atoms with Crippen molar-refractivity contribution in [2.75, 3.05) is 40.0 Å². The van der Waals surface area contributed by atoms with Gasteiger partial charge in [-0.1, -0.05) is 56.7 Å². The number of methoxy groups -OCH3 is 1. The van der Waals surface area contributed by atoms with Crippen molar-refractivity contribution in [3.05, 3.63) is 78.3 Å². The summed E-state index contributed by atoms with van der Waals surface area (Å²) in [6, 6.07) is 15.3. The van der Waals surface area contributed by atoms with Crippen LogP contribution in [0.25, 0.3) is 16.8 Å². The van der Waals surface area contributed by atoms with Gasteiger partial charge >= 0.3 is 0 Å². The van der Waals surface area contributed by atoms with Crippen molar-refractivity contribution in [1.82, 2.24) is 20.1 Å². The summed E-state index contributed by atoms with van der Waals surface area (Å²) in [4.78, 5) is 22.8. The minimum atomic E-state index is -1.05. The predicted octanol–water partition coefficient (Wildman–Crippen LogP) is 5.16. The molecular formula is C35H46N4O5. The van der Waals surface area contributed by atoms with E-state index < -0.39 is 5.60 Å². The first-order valence-corrected chi connectivity index (χ1v) is 15.8. The second-order valence-electron chi connectivity index (χ2n) is 11.8. The smallest absolute Gasteiger partial charge is 0.251 e. The van der Waals surface area contributed by atoms with Gasteiger partial charge in [-0.15, -0.1) is 0 Å². The maximum absolute atomic E-state index is 14.4. The highest BCUT2D eigenvalue weighted by atomic mass is 16.5. The highest BCUT2D eigenvalue weighted by molar-refractivity contribution is 6.00. The van der Waals surface area contributed by atoms with E-state index in [2.05, 4.69) is 16.9 Å². The summed E-state index contributed by atoms with van der Waals surface area (Å²) >= 11 is 0. The Morgan fingerprint density at radius 2 is 2.09 bits per heavy atom. The normalized spacial score (nSPS) is 22.9. The second-order valence-corrected chi connectivity index (χ2v) is 11.8. The summed E-state index contributed by atoms with van der Waals surface area (Å²) in [5, 5.41) is 15.2. The average molecular weight is 603 g/mol. The molecular weight excluding hydrogens is 556 g/mol. The van der Waals surface area contributed by atoms with E-state index in [9.17, 15) is 9.90 Å². The predicted molar refractivity (Wildman–Crippen MR) is 172 cm³/mol. The van der Waals surface area contributed by atoms with Crippen LogP contribution in [0.15, 0.2) is 71.3 Å². The zero-order valence-corrected chi connectivity index (χ0v) is 26.3. The fraction of sp³-hybridized carbons (Fsp3) is 0.486. The highest BCUT2D eigenvalue weighted by Crippen LogP contribution is 2.38. The lowest BCUT2D eigenvalue weighted by atomic mass is 9.79. The number of rotatable bonds is 12. The number of hydrogen-bond acceptors (Lipinski definition) is 8. The summed E-state index contributed by atoms with van der Waals surface area (Å²) in [5.74, 6) is 1.40. The number of hydrogen-bond donors (Lipinski definition) is 2. The maximum atomic E-state index is 14.4. The van der Waals surface area contributed by atoms with Crippen LogP contribution in [0.3, 0.4) is 0 Å². The number of aryl methyl sites for hydroxylation is 1. The molecule has 2 N–H and O–H groups in total. The van der Waals surface area contributed by atoms with E-state index in [1.807, 2.05) is 72.2 Å². The Morgan fingerprint density at radius 3 is 2.84 bits per heavy atom. The number of piperazine rings is 1. The van der Waals surface area contributed by atoms with Gasteiger partial charge in [0.2, 0.25) is 0 Å². The largest absolute Gasteiger partial charge is 0.493 e. The van der Waals surface area contributed by atoms with Crippen LogP contribution in [0.2, 0.25) is 0 Å². The third kappa shape index (κ3) is 6.85. The van der Waals surface area contributed by atoms with Crippen molar-refractivity contribution in [3.63, 3.8) is 0 Å². The van der Waals surface area contributed by atoms with Gasteiger partial charge in [0.15, 0.2) is 11.5 Å². The van der Waals surface area contributed by atoms with Crippen molar-refractivity contribution >= 4 is 22.7 Å². The van der Waals surface area contributed by atoms with Crippen LogP contribution in [0.5, 0.6) is 5.75 Å². The lowest BCUT2D eigenvalue weighted by molar-refractivity contribution is -0.130. The molecule has 9 heteroatoms. The standard InChI is InChI=1S/C35H46N4O5/c1-5-32-37-29-16-15-28(22-30(29)44-32)43-21-17-27-23-36-19-20-39(27)34(40)25(3)33(26-12-8-7-9-13-26)38(6-2)31-14-10-11-18-35(31,41)24-42-4/h6-9,12-13,15-16,22,27,31,36,41H,2,5,10-11,14,17-21,23-24H2,1,3-4H3/b33-25+/t27-,31-,35-/m1/s1. The molecule has 0 bridgehead atoms. The molecule has 9 nitrogen and oxygen atoms in total.